The molecule has 0 radical (unpaired) electrons. The van der Waals surface area contributed by atoms with E-state index in [1.807, 2.05) is 0 Å². The zero-order valence-corrected chi connectivity index (χ0v) is 8.71. The molecule has 2 fully saturated rings. The molecule has 0 amide bonds. The Hall–Kier alpha value is -0.150. The molecule has 2 nitrogen and oxygen atoms in total. The predicted octanol–water partition coefficient (Wildman–Crippen LogP) is 1.73. The quantitative estimate of drug-likeness (QED) is 0.735. The van der Waals surface area contributed by atoms with Gasteiger partial charge in [0.05, 0.1) is 5.60 Å². The second kappa shape index (κ2) is 4.15. The van der Waals surface area contributed by atoms with E-state index in [0.717, 1.165) is 38.6 Å². The van der Waals surface area contributed by atoms with Crippen molar-refractivity contribution in [3.05, 3.63) is 0 Å². The van der Waals surface area contributed by atoms with Gasteiger partial charge in [0.1, 0.15) is 6.17 Å². The molecule has 0 aromatic rings. The fraction of sp³-hybridized carbons (Fsp3) is 1.00. The molecule has 1 N–H and O–H groups in total. The van der Waals surface area contributed by atoms with Crippen LogP contribution in [0, 0.1) is 0 Å². The average Bonchev–Trinajstić information content (AvgIpc) is 2.51. The Kier molecular flexibility index (Phi) is 3.07. The highest BCUT2D eigenvalue weighted by molar-refractivity contribution is 4.88. The van der Waals surface area contributed by atoms with Gasteiger partial charge in [-0.15, -0.1) is 0 Å². The van der Waals surface area contributed by atoms with Gasteiger partial charge in [0.15, 0.2) is 0 Å². The van der Waals surface area contributed by atoms with Crippen molar-refractivity contribution in [1.29, 1.82) is 0 Å². The number of hydrogen-bond donors (Lipinski definition) is 1. The molecule has 0 bridgehead atoms. The number of halogens is 1. The molecule has 0 spiro atoms. The summed E-state index contributed by atoms with van der Waals surface area (Å²) in [4.78, 5) is 2.10. The Labute approximate surface area is 85.1 Å². The second-order valence-corrected chi connectivity index (χ2v) is 4.91. The molecule has 1 saturated carbocycles. The lowest BCUT2D eigenvalue weighted by molar-refractivity contribution is -0.00514. The van der Waals surface area contributed by atoms with Crippen molar-refractivity contribution in [3.63, 3.8) is 0 Å². The van der Waals surface area contributed by atoms with Gasteiger partial charge in [0.2, 0.25) is 0 Å². The Morgan fingerprint density at radius 1 is 1.29 bits per heavy atom. The van der Waals surface area contributed by atoms with Crippen molar-refractivity contribution in [2.45, 2.75) is 50.3 Å². The summed E-state index contributed by atoms with van der Waals surface area (Å²) in [7, 11) is 0. The van der Waals surface area contributed by atoms with E-state index in [4.69, 9.17) is 0 Å². The zero-order valence-electron chi connectivity index (χ0n) is 8.71. The van der Waals surface area contributed by atoms with Crippen LogP contribution in [0.3, 0.4) is 0 Å². The van der Waals surface area contributed by atoms with E-state index < -0.39 is 11.8 Å². The van der Waals surface area contributed by atoms with Crippen LogP contribution in [0.4, 0.5) is 4.39 Å². The smallest absolute Gasteiger partial charge is 0.113 e. The molecule has 0 aromatic carbocycles. The van der Waals surface area contributed by atoms with Crippen molar-refractivity contribution < 1.29 is 9.50 Å². The van der Waals surface area contributed by atoms with Crippen molar-refractivity contribution in [2.75, 3.05) is 19.6 Å². The summed E-state index contributed by atoms with van der Waals surface area (Å²) in [5, 5.41) is 10.2. The molecular formula is C11H20FNO. The molecule has 3 heteroatoms. The standard InChI is InChI=1S/C11H20FNO/c12-10-4-3-7-13(8-10)9-11(14)5-1-2-6-11/h10,14H,1-9H2. The van der Waals surface area contributed by atoms with Crippen molar-refractivity contribution >= 4 is 0 Å². The van der Waals surface area contributed by atoms with Crippen LogP contribution in [0.5, 0.6) is 0 Å². The summed E-state index contributed by atoms with van der Waals surface area (Å²) in [6, 6.07) is 0. The topological polar surface area (TPSA) is 23.5 Å². The fourth-order valence-electron chi connectivity index (χ4n) is 2.75. The molecule has 1 saturated heterocycles. The van der Waals surface area contributed by atoms with Gasteiger partial charge in [-0.2, -0.15) is 0 Å². The average molecular weight is 201 g/mol. The first kappa shape index (κ1) is 10.4. The molecule has 1 aliphatic carbocycles. The van der Waals surface area contributed by atoms with Gasteiger partial charge in [-0.1, -0.05) is 12.8 Å². The van der Waals surface area contributed by atoms with E-state index in [0.29, 0.717) is 19.5 Å². The maximum atomic E-state index is 13.1. The number of likely N-dealkylation sites (tertiary alicyclic amines) is 1. The summed E-state index contributed by atoms with van der Waals surface area (Å²) in [6.07, 6.45) is 5.04. The summed E-state index contributed by atoms with van der Waals surface area (Å²) in [5.74, 6) is 0. The Morgan fingerprint density at radius 3 is 2.64 bits per heavy atom. The van der Waals surface area contributed by atoms with Gasteiger partial charge >= 0.3 is 0 Å². The molecule has 1 aliphatic heterocycles. The van der Waals surface area contributed by atoms with Gasteiger partial charge in [0, 0.05) is 13.1 Å². The molecule has 82 valence electrons. The fourth-order valence-corrected chi connectivity index (χ4v) is 2.75. The van der Waals surface area contributed by atoms with Crippen molar-refractivity contribution in [1.82, 2.24) is 4.90 Å². The lowest BCUT2D eigenvalue weighted by Gasteiger charge is -2.34. The lowest BCUT2D eigenvalue weighted by Crippen LogP contribution is -2.46. The van der Waals surface area contributed by atoms with E-state index in [9.17, 15) is 9.50 Å². The Balaban J connectivity index is 1.83. The Bertz CT molecular complexity index is 192. The van der Waals surface area contributed by atoms with Gasteiger partial charge < -0.3 is 5.11 Å². The maximum Gasteiger partial charge on any atom is 0.113 e. The molecule has 1 unspecified atom stereocenters. The molecule has 0 aromatic heterocycles. The maximum absolute atomic E-state index is 13.1. The van der Waals surface area contributed by atoms with Gasteiger partial charge in [-0.05, 0) is 32.2 Å². The highest BCUT2D eigenvalue weighted by Crippen LogP contribution is 2.31. The monoisotopic (exact) mass is 201 g/mol. The minimum absolute atomic E-state index is 0.503. The lowest BCUT2D eigenvalue weighted by atomic mass is 10.00. The molecule has 1 heterocycles. The number of nitrogens with zero attached hydrogens (tertiary/aromatic N) is 1. The number of aliphatic hydroxyl groups is 1. The normalized spacial score (nSPS) is 33.4. The first-order valence-corrected chi connectivity index (χ1v) is 5.77. The Morgan fingerprint density at radius 2 is 2.00 bits per heavy atom. The third-order valence-corrected chi connectivity index (χ3v) is 3.50. The highest BCUT2D eigenvalue weighted by Gasteiger charge is 2.34. The van der Waals surface area contributed by atoms with E-state index in [2.05, 4.69) is 4.90 Å². The van der Waals surface area contributed by atoms with E-state index in [1.54, 1.807) is 0 Å². The van der Waals surface area contributed by atoms with E-state index in [-0.39, 0.29) is 0 Å². The summed E-state index contributed by atoms with van der Waals surface area (Å²) < 4.78 is 13.1. The van der Waals surface area contributed by atoms with Crippen molar-refractivity contribution in [3.8, 4) is 0 Å². The molecule has 2 aliphatic rings. The first-order chi connectivity index (χ1) is 6.68. The molecule has 1 atom stereocenters. The van der Waals surface area contributed by atoms with E-state index >= 15 is 0 Å². The first-order valence-electron chi connectivity index (χ1n) is 5.77. The second-order valence-electron chi connectivity index (χ2n) is 4.91. The van der Waals surface area contributed by atoms with Crippen LogP contribution in [0.1, 0.15) is 38.5 Å². The largest absolute Gasteiger partial charge is 0.389 e. The van der Waals surface area contributed by atoms with Crippen molar-refractivity contribution in [2.24, 2.45) is 0 Å². The van der Waals surface area contributed by atoms with Crippen LogP contribution in [0.2, 0.25) is 0 Å². The van der Waals surface area contributed by atoms with Gasteiger partial charge in [0.25, 0.3) is 0 Å². The summed E-state index contributed by atoms with van der Waals surface area (Å²) >= 11 is 0. The zero-order chi connectivity index (χ0) is 10.0. The van der Waals surface area contributed by atoms with Crippen LogP contribution >= 0.6 is 0 Å². The molecular weight excluding hydrogens is 181 g/mol. The van der Waals surface area contributed by atoms with Gasteiger partial charge in [-0.25, -0.2) is 4.39 Å². The summed E-state index contributed by atoms with van der Waals surface area (Å²) in [5.41, 5.74) is -0.503. The third kappa shape index (κ3) is 2.45. The number of β-amino-alcohol motifs (C(OH)–C–C–N with tert-alkyl or cyclic N) is 1. The highest BCUT2D eigenvalue weighted by atomic mass is 19.1. The minimum Gasteiger partial charge on any atom is -0.389 e. The van der Waals surface area contributed by atoms with Gasteiger partial charge in [-0.3, -0.25) is 4.90 Å². The molecule has 14 heavy (non-hydrogen) atoms. The van der Waals surface area contributed by atoms with Crippen LogP contribution < -0.4 is 0 Å². The van der Waals surface area contributed by atoms with Crippen LogP contribution in [0.15, 0.2) is 0 Å². The number of hydrogen-bond acceptors (Lipinski definition) is 2. The minimum atomic E-state index is -0.672. The molecule has 2 rings (SSSR count). The summed E-state index contributed by atoms with van der Waals surface area (Å²) in [6.45, 7) is 2.18. The van der Waals surface area contributed by atoms with Crippen LogP contribution in [-0.4, -0.2) is 41.4 Å². The third-order valence-electron chi connectivity index (χ3n) is 3.50. The number of rotatable bonds is 2. The number of alkyl halides is 1. The van der Waals surface area contributed by atoms with E-state index in [1.165, 1.54) is 0 Å². The van der Waals surface area contributed by atoms with Crippen LogP contribution in [-0.2, 0) is 0 Å². The predicted molar refractivity (Wildman–Crippen MR) is 54.0 cm³/mol. The number of piperidine rings is 1. The van der Waals surface area contributed by atoms with Crippen LogP contribution in [0.25, 0.3) is 0 Å². The SMILES string of the molecule is OC1(CN2CCCC(F)C2)CCCC1.